The van der Waals surface area contributed by atoms with E-state index in [0.717, 1.165) is 16.5 Å². The van der Waals surface area contributed by atoms with Gasteiger partial charge in [0.2, 0.25) is 5.91 Å². The minimum absolute atomic E-state index is 0.330. The molecule has 0 aliphatic rings. The number of ether oxygens (including phenoxy) is 2. The molecule has 8 heteroatoms. The number of amides is 1. The van der Waals surface area contributed by atoms with Gasteiger partial charge < -0.3 is 25.8 Å². The van der Waals surface area contributed by atoms with Gasteiger partial charge in [-0.1, -0.05) is 35.9 Å². The summed E-state index contributed by atoms with van der Waals surface area (Å²) in [5, 5.41) is 8.52. The third kappa shape index (κ3) is 3.95. The molecule has 0 spiro atoms. The van der Waals surface area contributed by atoms with E-state index in [-0.39, 0.29) is 0 Å². The number of carbonyl (C=O) groups excluding carboxylic acids is 1. The van der Waals surface area contributed by atoms with E-state index in [1.54, 1.807) is 31.4 Å². The van der Waals surface area contributed by atoms with Crippen molar-refractivity contribution in [1.82, 2.24) is 0 Å². The number of rotatable bonds is 5. The zero-order chi connectivity index (χ0) is 20.3. The molecule has 0 saturated carbocycles. The summed E-state index contributed by atoms with van der Waals surface area (Å²) in [5.41, 5.74) is 7.24. The van der Waals surface area contributed by atoms with Crippen LogP contribution in [0.1, 0.15) is 10.4 Å². The first kappa shape index (κ1) is 19.7. The summed E-state index contributed by atoms with van der Waals surface area (Å²) in [5.74, 6) is 0.538. The number of thiocarbonyl (C=S) groups is 1. The Morgan fingerprint density at radius 1 is 0.964 bits per heavy atom. The highest BCUT2D eigenvalue weighted by Gasteiger charge is 2.13. The zero-order valence-corrected chi connectivity index (χ0v) is 16.8. The summed E-state index contributed by atoms with van der Waals surface area (Å²) in [6.45, 7) is 0. The largest absolute Gasteiger partial charge is 0.495 e. The summed E-state index contributed by atoms with van der Waals surface area (Å²) >= 11 is 11.6. The fourth-order valence-electron chi connectivity index (χ4n) is 2.86. The molecular formula is C20H18ClN3O3S. The van der Waals surface area contributed by atoms with E-state index in [0.29, 0.717) is 32.9 Å². The van der Waals surface area contributed by atoms with Crippen molar-refractivity contribution < 1.29 is 14.3 Å². The monoisotopic (exact) mass is 415 g/mol. The van der Waals surface area contributed by atoms with Gasteiger partial charge in [-0.05, 0) is 35.8 Å². The number of halogens is 1. The Kier molecular flexibility index (Phi) is 5.87. The number of nitrogens with one attached hydrogen (secondary N) is 2. The van der Waals surface area contributed by atoms with Crippen molar-refractivity contribution >= 4 is 57.0 Å². The topological polar surface area (TPSA) is 85.6 Å². The molecule has 3 aromatic rings. The van der Waals surface area contributed by atoms with E-state index in [4.69, 9.17) is 39.0 Å². The first-order chi connectivity index (χ1) is 13.4. The van der Waals surface area contributed by atoms with Crippen LogP contribution in [0, 0.1) is 0 Å². The molecule has 0 unspecified atom stereocenters. The predicted octanol–water partition coefficient (Wildman–Crippen LogP) is 4.42. The van der Waals surface area contributed by atoms with Crippen LogP contribution in [-0.4, -0.2) is 25.2 Å². The van der Waals surface area contributed by atoms with Gasteiger partial charge >= 0.3 is 0 Å². The molecule has 0 bridgehead atoms. The Morgan fingerprint density at radius 2 is 1.61 bits per heavy atom. The third-order valence-electron chi connectivity index (χ3n) is 4.16. The van der Waals surface area contributed by atoms with Crippen LogP contribution in [-0.2, 0) is 0 Å². The number of hydrogen-bond donors (Lipinski definition) is 3. The fraction of sp³-hybridized carbons (Fsp3) is 0.100. The minimum Gasteiger partial charge on any atom is -0.495 e. The Morgan fingerprint density at radius 3 is 2.25 bits per heavy atom. The van der Waals surface area contributed by atoms with Gasteiger partial charge in [-0.2, -0.15) is 0 Å². The van der Waals surface area contributed by atoms with Gasteiger partial charge in [0, 0.05) is 22.7 Å². The van der Waals surface area contributed by atoms with Crippen LogP contribution in [0.4, 0.5) is 11.4 Å². The normalized spacial score (nSPS) is 10.4. The molecule has 6 nitrogen and oxygen atoms in total. The van der Waals surface area contributed by atoms with E-state index < -0.39 is 5.91 Å². The number of benzene rings is 3. The summed E-state index contributed by atoms with van der Waals surface area (Å²) < 4.78 is 10.6. The standard InChI is InChI=1S/C20H18ClN3O3S/c1-26-17-10-18(27-2)16(9-14(17)21)24-20(28)23-15-8-7-13(19(22)25)11-5-3-4-6-12(11)15/h3-10H,1-2H3,(H2,22,25)(H2,23,24,28). The Labute approximate surface area is 172 Å². The molecule has 1 amide bonds. The van der Waals surface area contributed by atoms with E-state index in [9.17, 15) is 4.79 Å². The second-order valence-corrected chi connectivity index (χ2v) is 6.65. The van der Waals surface area contributed by atoms with Crippen molar-refractivity contribution in [3.8, 4) is 11.5 Å². The number of fused-ring (bicyclic) bond motifs is 1. The lowest BCUT2D eigenvalue weighted by Gasteiger charge is -2.16. The first-order valence-electron chi connectivity index (χ1n) is 8.25. The molecule has 0 heterocycles. The maximum Gasteiger partial charge on any atom is 0.249 e. The second-order valence-electron chi connectivity index (χ2n) is 5.84. The van der Waals surface area contributed by atoms with Crippen LogP contribution in [0.15, 0.2) is 48.5 Å². The average molecular weight is 416 g/mol. The van der Waals surface area contributed by atoms with Crippen molar-refractivity contribution in [2.75, 3.05) is 24.9 Å². The molecule has 28 heavy (non-hydrogen) atoms. The fourth-order valence-corrected chi connectivity index (χ4v) is 3.32. The van der Waals surface area contributed by atoms with Crippen LogP contribution in [0.5, 0.6) is 11.5 Å². The zero-order valence-electron chi connectivity index (χ0n) is 15.2. The quantitative estimate of drug-likeness (QED) is 0.535. The molecule has 3 aromatic carbocycles. The van der Waals surface area contributed by atoms with Crippen molar-refractivity contribution in [1.29, 1.82) is 0 Å². The minimum atomic E-state index is -0.485. The smallest absolute Gasteiger partial charge is 0.249 e. The van der Waals surface area contributed by atoms with Gasteiger partial charge in [0.15, 0.2) is 5.11 Å². The number of primary amides is 1. The maximum atomic E-state index is 11.7. The molecule has 144 valence electrons. The molecule has 0 aliphatic carbocycles. The lowest BCUT2D eigenvalue weighted by Crippen LogP contribution is -2.20. The van der Waals surface area contributed by atoms with Gasteiger partial charge in [0.1, 0.15) is 11.5 Å². The van der Waals surface area contributed by atoms with Crippen LogP contribution in [0.2, 0.25) is 5.02 Å². The van der Waals surface area contributed by atoms with E-state index >= 15 is 0 Å². The SMILES string of the molecule is COc1cc(OC)c(NC(=S)Nc2ccc(C(N)=O)c3ccccc23)cc1Cl. The van der Waals surface area contributed by atoms with Crippen LogP contribution in [0.3, 0.4) is 0 Å². The molecular weight excluding hydrogens is 398 g/mol. The molecule has 0 saturated heterocycles. The van der Waals surface area contributed by atoms with Crippen molar-refractivity contribution in [3.05, 3.63) is 59.1 Å². The first-order valence-corrected chi connectivity index (χ1v) is 9.04. The summed E-state index contributed by atoms with van der Waals surface area (Å²) in [6.07, 6.45) is 0. The third-order valence-corrected chi connectivity index (χ3v) is 4.66. The molecule has 0 fully saturated rings. The van der Waals surface area contributed by atoms with Crippen LogP contribution < -0.4 is 25.8 Å². The van der Waals surface area contributed by atoms with Gasteiger partial charge in [-0.25, -0.2) is 0 Å². The van der Waals surface area contributed by atoms with Crippen LogP contribution in [0.25, 0.3) is 10.8 Å². The van der Waals surface area contributed by atoms with Gasteiger partial charge in [-0.15, -0.1) is 0 Å². The Bertz CT molecular complexity index is 1070. The number of anilines is 2. The molecule has 0 aliphatic heterocycles. The number of hydrogen-bond acceptors (Lipinski definition) is 4. The number of carbonyl (C=O) groups is 1. The summed E-state index contributed by atoms with van der Waals surface area (Å²) in [7, 11) is 3.07. The molecule has 0 atom stereocenters. The van der Waals surface area contributed by atoms with Gasteiger partial charge in [0.25, 0.3) is 0 Å². The molecule has 4 N–H and O–H groups in total. The molecule has 0 aromatic heterocycles. The van der Waals surface area contributed by atoms with Crippen molar-refractivity contribution in [3.63, 3.8) is 0 Å². The van der Waals surface area contributed by atoms with E-state index in [2.05, 4.69) is 10.6 Å². The molecule has 3 rings (SSSR count). The van der Waals surface area contributed by atoms with Crippen LogP contribution >= 0.6 is 23.8 Å². The average Bonchev–Trinajstić information content (AvgIpc) is 2.68. The second kappa shape index (κ2) is 8.33. The lowest BCUT2D eigenvalue weighted by molar-refractivity contribution is 0.100. The highest BCUT2D eigenvalue weighted by Crippen LogP contribution is 2.36. The highest BCUT2D eigenvalue weighted by atomic mass is 35.5. The maximum absolute atomic E-state index is 11.7. The summed E-state index contributed by atoms with van der Waals surface area (Å²) in [6, 6.07) is 14.2. The Hall–Kier alpha value is -3.03. The summed E-state index contributed by atoms with van der Waals surface area (Å²) in [4.78, 5) is 11.7. The van der Waals surface area contributed by atoms with Crippen molar-refractivity contribution in [2.45, 2.75) is 0 Å². The number of nitrogens with two attached hydrogens (primary N) is 1. The van der Waals surface area contributed by atoms with Crippen molar-refractivity contribution in [2.24, 2.45) is 5.73 Å². The lowest BCUT2D eigenvalue weighted by atomic mass is 10.0. The highest BCUT2D eigenvalue weighted by molar-refractivity contribution is 7.80. The number of methoxy groups -OCH3 is 2. The predicted molar refractivity (Wildman–Crippen MR) is 117 cm³/mol. The Balaban J connectivity index is 1.90. The van der Waals surface area contributed by atoms with E-state index in [1.807, 2.05) is 24.3 Å². The molecule has 0 radical (unpaired) electrons. The van der Waals surface area contributed by atoms with Gasteiger partial charge in [0.05, 0.1) is 24.9 Å². The van der Waals surface area contributed by atoms with Gasteiger partial charge in [-0.3, -0.25) is 4.79 Å². The van der Waals surface area contributed by atoms with E-state index in [1.165, 1.54) is 7.11 Å².